The molecule has 0 saturated carbocycles. The summed E-state index contributed by atoms with van der Waals surface area (Å²) in [5, 5.41) is 16.3. The van der Waals surface area contributed by atoms with Crippen molar-refractivity contribution in [3.63, 3.8) is 0 Å². The highest BCUT2D eigenvalue weighted by atomic mass is 19.1. The lowest BCUT2D eigenvalue weighted by Crippen LogP contribution is -2.04. The zero-order valence-corrected chi connectivity index (χ0v) is 12.4. The molecular formula is C15H27FO2. The highest BCUT2D eigenvalue weighted by Crippen LogP contribution is 2.13. The van der Waals surface area contributed by atoms with Gasteiger partial charge in [-0.2, -0.15) is 0 Å². The van der Waals surface area contributed by atoms with E-state index in [1.54, 1.807) is 20.8 Å². The highest BCUT2D eigenvalue weighted by molar-refractivity contribution is 5.29. The minimum Gasteiger partial charge on any atom is -0.396 e. The number of hydrogen-bond donors (Lipinski definition) is 2. The van der Waals surface area contributed by atoms with Crippen LogP contribution in [0.3, 0.4) is 0 Å². The zero-order chi connectivity index (χ0) is 14.7. The molecule has 2 nitrogen and oxygen atoms in total. The summed E-state index contributed by atoms with van der Waals surface area (Å²) in [6.07, 6.45) is 0. The van der Waals surface area contributed by atoms with Gasteiger partial charge in [0, 0.05) is 19.1 Å². The number of aryl methyl sites for hydroxylation is 3. The summed E-state index contributed by atoms with van der Waals surface area (Å²) in [5.41, 5.74) is 2.59. The molecule has 106 valence electrons. The number of aliphatic hydroxyl groups is 2. The van der Waals surface area contributed by atoms with Gasteiger partial charge in [0.25, 0.3) is 0 Å². The molecule has 0 aliphatic carbocycles. The SMILES string of the molecule is CC.CC(CO)CO.Cc1cc(C)c(F)c(C)c1. The fourth-order valence-electron chi connectivity index (χ4n) is 1.22. The lowest BCUT2D eigenvalue weighted by molar-refractivity contribution is 0.162. The van der Waals surface area contributed by atoms with Crippen molar-refractivity contribution in [3.05, 3.63) is 34.6 Å². The van der Waals surface area contributed by atoms with E-state index in [2.05, 4.69) is 0 Å². The molecule has 0 aromatic heterocycles. The maximum Gasteiger partial charge on any atom is 0.129 e. The molecule has 18 heavy (non-hydrogen) atoms. The molecular weight excluding hydrogens is 231 g/mol. The van der Waals surface area contributed by atoms with Crippen molar-refractivity contribution >= 4 is 0 Å². The molecule has 0 fully saturated rings. The number of aliphatic hydroxyl groups excluding tert-OH is 2. The van der Waals surface area contributed by atoms with Crippen LogP contribution in [-0.2, 0) is 0 Å². The molecule has 1 aromatic rings. The molecule has 0 aliphatic rings. The number of halogens is 1. The third-order valence-electron chi connectivity index (χ3n) is 2.20. The molecule has 1 aromatic carbocycles. The second kappa shape index (κ2) is 11.2. The van der Waals surface area contributed by atoms with E-state index in [1.165, 1.54) is 0 Å². The van der Waals surface area contributed by atoms with E-state index in [0.717, 1.165) is 16.7 Å². The normalized spacial score (nSPS) is 9.22. The molecule has 0 radical (unpaired) electrons. The second-order valence-corrected chi connectivity index (χ2v) is 4.18. The second-order valence-electron chi connectivity index (χ2n) is 4.18. The van der Waals surface area contributed by atoms with E-state index >= 15 is 0 Å². The van der Waals surface area contributed by atoms with Crippen molar-refractivity contribution in [3.8, 4) is 0 Å². The fourth-order valence-corrected chi connectivity index (χ4v) is 1.22. The minimum absolute atomic E-state index is 0.0463. The van der Waals surface area contributed by atoms with E-state index < -0.39 is 0 Å². The van der Waals surface area contributed by atoms with Gasteiger partial charge in [0.2, 0.25) is 0 Å². The largest absolute Gasteiger partial charge is 0.396 e. The predicted molar refractivity (Wildman–Crippen MR) is 75.3 cm³/mol. The Balaban J connectivity index is 0. The minimum atomic E-state index is -0.0781. The Morgan fingerprint density at radius 2 is 1.33 bits per heavy atom. The molecule has 0 amide bonds. The van der Waals surface area contributed by atoms with Crippen molar-refractivity contribution in [1.82, 2.24) is 0 Å². The number of benzene rings is 1. The highest BCUT2D eigenvalue weighted by Gasteiger charge is 2.00. The number of rotatable bonds is 2. The third kappa shape index (κ3) is 8.20. The average Bonchev–Trinajstić information content (AvgIpc) is 2.38. The van der Waals surface area contributed by atoms with Gasteiger partial charge in [-0.15, -0.1) is 0 Å². The molecule has 0 atom stereocenters. The smallest absolute Gasteiger partial charge is 0.129 e. The summed E-state index contributed by atoms with van der Waals surface area (Å²) in [4.78, 5) is 0. The van der Waals surface area contributed by atoms with Crippen LogP contribution in [0.25, 0.3) is 0 Å². The summed E-state index contributed by atoms with van der Waals surface area (Å²) in [6.45, 7) is 11.5. The Morgan fingerprint density at radius 1 is 1.00 bits per heavy atom. The third-order valence-corrected chi connectivity index (χ3v) is 2.20. The summed E-state index contributed by atoms with van der Waals surface area (Å²) < 4.78 is 12.9. The van der Waals surface area contributed by atoms with Crippen LogP contribution < -0.4 is 0 Å². The quantitative estimate of drug-likeness (QED) is 0.853. The molecule has 3 heteroatoms. The van der Waals surface area contributed by atoms with E-state index in [-0.39, 0.29) is 24.9 Å². The molecule has 1 rings (SSSR count). The molecule has 0 heterocycles. The lowest BCUT2D eigenvalue weighted by Gasteiger charge is -2.01. The Hall–Kier alpha value is -0.930. The van der Waals surface area contributed by atoms with Crippen LogP contribution in [-0.4, -0.2) is 23.4 Å². The topological polar surface area (TPSA) is 40.5 Å². The lowest BCUT2D eigenvalue weighted by atomic mass is 10.1. The van der Waals surface area contributed by atoms with Gasteiger partial charge in [-0.25, -0.2) is 4.39 Å². The van der Waals surface area contributed by atoms with Crippen LogP contribution in [0.4, 0.5) is 4.39 Å². The first kappa shape index (κ1) is 19.4. The van der Waals surface area contributed by atoms with E-state index in [4.69, 9.17) is 10.2 Å². The van der Waals surface area contributed by atoms with Gasteiger partial charge in [-0.3, -0.25) is 0 Å². The van der Waals surface area contributed by atoms with Crippen LogP contribution in [0, 0.1) is 32.5 Å². The number of hydrogen-bond acceptors (Lipinski definition) is 2. The molecule has 0 bridgehead atoms. The molecule has 0 aliphatic heterocycles. The van der Waals surface area contributed by atoms with Gasteiger partial charge in [-0.05, 0) is 31.9 Å². The fraction of sp³-hybridized carbons (Fsp3) is 0.600. The summed E-state index contributed by atoms with van der Waals surface area (Å²) in [6, 6.07) is 3.70. The van der Waals surface area contributed by atoms with Gasteiger partial charge >= 0.3 is 0 Å². The Kier molecular flexibility index (Phi) is 12.1. The van der Waals surface area contributed by atoms with Gasteiger partial charge in [0.1, 0.15) is 5.82 Å². The van der Waals surface area contributed by atoms with Crippen LogP contribution in [0.1, 0.15) is 37.5 Å². The van der Waals surface area contributed by atoms with Crippen molar-refractivity contribution in [1.29, 1.82) is 0 Å². The summed E-state index contributed by atoms with van der Waals surface area (Å²) in [7, 11) is 0. The molecule has 0 unspecified atom stereocenters. The Labute approximate surface area is 110 Å². The molecule has 0 spiro atoms. The Bertz CT molecular complexity index is 297. The predicted octanol–water partition coefficient (Wildman–Crippen LogP) is 3.38. The van der Waals surface area contributed by atoms with Crippen molar-refractivity contribution < 1.29 is 14.6 Å². The first-order valence-electron chi connectivity index (χ1n) is 6.37. The van der Waals surface area contributed by atoms with Gasteiger partial charge < -0.3 is 10.2 Å². The van der Waals surface area contributed by atoms with Gasteiger partial charge in [-0.1, -0.05) is 38.5 Å². The molecule has 2 N–H and O–H groups in total. The maximum absolute atomic E-state index is 12.9. The zero-order valence-electron chi connectivity index (χ0n) is 12.4. The van der Waals surface area contributed by atoms with E-state index in [0.29, 0.717) is 0 Å². The first-order valence-corrected chi connectivity index (χ1v) is 6.37. The van der Waals surface area contributed by atoms with Gasteiger partial charge in [0.05, 0.1) is 0 Å². The maximum atomic E-state index is 12.9. The average molecular weight is 258 g/mol. The van der Waals surface area contributed by atoms with E-state index in [9.17, 15) is 4.39 Å². The monoisotopic (exact) mass is 258 g/mol. The van der Waals surface area contributed by atoms with Crippen molar-refractivity contribution in [2.75, 3.05) is 13.2 Å². The van der Waals surface area contributed by atoms with Crippen LogP contribution in [0.15, 0.2) is 12.1 Å². The molecule has 0 saturated heterocycles. The van der Waals surface area contributed by atoms with Crippen molar-refractivity contribution in [2.45, 2.75) is 41.5 Å². The summed E-state index contributed by atoms with van der Waals surface area (Å²) in [5.74, 6) is -0.0319. The Morgan fingerprint density at radius 3 is 1.56 bits per heavy atom. The van der Waals surface area contributed by atoms with E-state index in [1.807, 2.05) is 32.9 Å². The van der Waals surface area contributed by atoms with Gasteiger partial charge in [0.15, 0.2) is 0 Å². The van der Waals surface area contributed by atoms with Crippen molar-refractivity contribution in [2.24, 2.45) is 5.92 Å². The van der Waals surface area contributed by atoms with Crippen LogP contribution in [0.2, 0.25) is 0 Å². The van der Waals surface area contributed by atoms with Crippen LogP contribution in [0.5, 0.6) is 0 Å². The van der Waals surface area contributed by atoms with Crippen LogP contribution >= 0.6 is 0 Å². The standard InChI is InChI=1S/C9H11F.C4H10O2.C2H6/c1-6-4-7(2)9(10)8(3)5-6;1-4(2-5)3-6;1-2/h4-5H,1-3H3;4-6H,2-3H2,1H3;1-2H3. The summed E-state index contributed by atoms with van der Waals surface area (Å²) >= 11 is 0. The first-order chi connectivity index (χ1) is 8.42.